The van der Waals surface area contributed by atoms with Gasteiger partial charge in [-0.05, 0) is 24.1 Å². The Hall–Kier alpha value is -1.20. The van der Waals surface area contributed by atoms with Crippen LogP contribution in [0.5, 0.6) is 5.75 Å². The van der Waals surface area contributed by atoms with E-state index in [-0.39, 0.29) is 12.3 Å². The van der Waals surface area contributed by atoms with Crippen molar-refractivity contribution in [1.29, 1.82) is 0 Å². The Bertz CT molecular complexity index is 329. The van der Waals surface area contributed by atoms with Crippen molar-refractivity contribution < 1.29 is 19.1 Å². The Balaban J connectivity index is 3.14. The van der Waals surface area contributed by atoms with Crippen LogP contribution in [-0.2, 0) is 6.54 Å². The van der Waals surface area contributed by atoms with Crippen LogP contribution < -0.4 is 5.48 Å². The van der Waals surface area contributed by atoms with Gasteiger partial charge in [-0.25, -0.2) is 14.3 Å². The molecule has 3 nitrogen and oxygen atoms in total. The van der Waals surface area contributed by atoms with E-state index in [1.807, 2.05) is 5.48 Å². The first-order valence-electron chi connectivity index (χ1n) is 4.03. The molecule has 0 aromatic heterocycles. The molecule has 0 fully saturated rings. The molecule has 1 aromatic carbocycles. The zero-order valence-corrected chi connectivity index (χ0v) is 7.59. The number of phenolic OH excluding ortho intramolecular Hbond substituents is 1. The molecule has 0 saturated carbocycles. The highest BCUT2D eigenvalue weighted by molar-refractivity contribution is 5.43. The standard InChI is InChI=1S/C9H11F2NO2/c1-5-2-6(4-12-14)3-7(8(5)13)9(10)11/h2-3,9,12-14H,4H2,1H3. The molecule has 0 radical (unpaired) electrons. The first-order valence-corrected chi connectivity index (χ1v) is 4.03. The van der Waals surface area contributed by atoms with Gasteiger partial charge >= 0.3 is 0 Å². The maximum Gasteiger partial charge on any atom is 0.267 e. The van der Waals surface area contributed by atoms with Gasteiger partial charge in [0, 0.05) is 6.54 Å². The minimum Gasteiger partial charge on any atom is -0.507 e. The molecular weight excluding hydrogens is 192 g/mol. The predicted molar refractivity (Wildman–Crippen MR) is 46.4 cm³/mol. The number of phenols is 1. The second-order valence-electron chi connectivity index (χ2n) is 2.99. The summed E-state index contributed by atoms with van der Waals surface area (Å²) in [5.41, 5.74) is 2.33. The van der Waals surface area contributed by atoms with Crippen LogP contribution in [0.4, 0.5) is 8.78 Å². The van der Waals surface area contributed by atoms with E-state index >= 15 is 0 Å². The normalized spacial score (nSPS) is 10.9. The molecule has 0 unspecified atom stereocenters. The fourth-order valence-electron chi connectivity index (χ4n) is 1.24. The third-order valence-electron chi connectivity index (χ3n) is 1.91. The van der Waals surface area contributed by atoms with E-state index < -0.39 is 12.0 Å². The summed E-state index contributed by atoms with van der Waals surface area (Å²) in [5.74, 6) is -0.387. The third-order valence-corrected chi connectivity index (χ3v) is 1.91. The quantitative estimate of drug-likeness (QED) is 0.659. The molecule has 0 amide bonds. The van der Waals surface area contributed by atoms with Crippen LogP contribution in [0, 0.1) is 6.92 Å². The average Bonchev–Trinajstić information content (AvgIpc) is 2.11. The topological polar surface area (TPSA) is 52.5 Å². The highest BCUT2D eigenvalue weighted by atomic mass is 19.3. The highest BCUT2D eigenvalue weighted by Crippen LogP contribution is 2.31. The van der Waals surface area contributed by atoms with Crippen molar-refractivity contribution in [1.82, 2.24) is 5.48 Å². The van der Waals surface area contributed by atoms with Crippen LogP contribution in [-0.4, -0.2) is 10.3 Å². The molecule has 0 bridgehead atoms. The van der Waals surface area contributed by atoms with Crippen molar-refractivity contribution in [3.05, 3.63) is 28.8 Å². The fourth-order valence-corrected chi connectivity index (χ4v) is 1.24. The van der Waals surface area contributed by atoms with Gasteiger partial charge < -0.3 is 10.3 Å². The molecule has 0 atom stereocenters. The third kappa shape index (κ3) is 2.18. The number of halogens is 2. The minimum atomic E-state index is -2.72. The van der Waals surface area contributed by atoms with Crippen LogP contribution in [0.15, 0.2) is 12.1 Å². The van der Waals surface area contributed by atoms with Crippen molar-refractivity contribution in [2.24, 2.45) is 0 Å². The molecule has 5 heteroatoms. The van der Waals surface area contributed by atoms with Crippen LogP contribution in [0.25, 0.3) is 0 Å². The molecule has 14 heavy (non-hydrogen) atoms. The highest BCUT2D eigenvalue weighted by Gasteiger charge is 2.15. The summed E-state index contributed by atoms with van der Waals surface area (Å²) < 4.78 is 24.8. The van der Waals surface area contributed by atoms with E-state index in [0.29, 0.717) is 11.1 Å². The van der Waals surface area contributed by atoms with E-state index in [4.69, 9.17) is 5.21 Å². The van der Waals surface area contributed by atoms with Gasteiger partial charge in [-0.2, -0.15) is 0 Å². The Morgan fingerprint density at radius 3 is 2.57 bits per heavy atom. The van der Waals surface area contributed by atoms with Crippen molar-refractivity contribution >= 4 is 0 Å². The van der Waals surface area contributed by atoms with Crippen molar-refractivity contribution in [2.75, 3.05) is 0 Å². The van der Waals surface area contributed by atoms with Gasteiger partial charge in [0.15, 0.2) is 0 Å². The lowest BCUT2D eigenvalue weighted by Gasteiger charge is -2.09. The van der Waals surface area contributed by atoms with E-state index in [1.165, 1.54) is 13.0 Å². The second-order valence-corrected chi connectivity index (χ2v) is 2.99. The van der Waals surface area contributed by atoms with Crippen LogP contribution in [0.2, 0.25) is 0 Å². The SMILES string of the molecule is Cc1cc(CNO)cc(C(F)F)c1O. The largest absolute Gasteiger partial charge is 0.507 e. The predicted octanol–water partition coefficient (Wildman–Crippen LogP) is 2.12. The summed E-state index contributed by atoms with van der Waals surface area (Å²) in [6, 6.07) is 2.70. The Morgan fingerprint density at radius 1 is 1.43 bits per heavy atom. The molecule has 0 spiro atoms. The van der Waals surface area contributed by atoms with E-state index in [0.717, 1.165) is 6.07 Å². The Kier molecular flexibility index (Phi) is 3.38. The molecule has 0 saturated heterocycles. The molecule has 0 aliphatic rings. The van der Waals surface area contributed by atoms with E-state index in [9.17, 15) is 13.9 Å². The molecule has 1 rings (SSSR count). The van der Waals surface area contributed by atoms with Gasteiger partial charge in [0.2, 0.25) is 0 Å². The lowest BCUT2D eigenvalue weighted by atomic mass is 10.1. The average molecular weight is 203 g/mol. The van der Waals surface area contributed by atoms with Crippen molar-refractivity contribution in [3.63, 3.8) is 0 Å². The smallest absolute Gasteiger partial charge is 0.267 e. The molecule has 0 aliphatic carbocycles. The summed E-state index contributed by atoms with van der Waals surface area (Å²) in [6.07, 6.45) is -2.72. The molecule has 0 heterocycles. The number of aryl methyl sites for hydroxylation is 1. The number of hydrogen-bond acceptors (Lipinski definition) is 3. The lowest BCUT2D eigenvalue weighted by molar-refractivity contribution is 0.146. The van der Waals surface area contributed by atoms with Gasteiger partial charge in [-0.3, -0.25) is 0 Å². The van der Waals surface area contributed by atoms with Crippen molar-refractivity contribution in [3.8, 4) is 5.75 Å². The molecule has 3 N–H and O–H groups in total. The fraction of sp³-hybridized carbons (Fsp3) is 0.333. The Labute approximate surface area is 79.9 Å². The zero-order chi connectivity index (χ0) is 10.7. The number of alkyl halides is 2. The first kappa shape index (κ1) is 10.9. The van der Waals surface area contributed by atoms with Crippen molar-refractivity contribution in [2.45, 2.75) is 19.9 Å². The van der Waals surface area contributed by atoms with Gasteiger partial charge in [0.05, 0.1) is 5.56 Å². The van der Waals surface area contributed by atoms with Gasteiger partial charge in [-0.15, -0.1) is 0 Å². The van der Waals surface area contributed by atoms with Crippen LogP contribution in [0.3, 0.4) is 0 Å². The Morgan fingerprint density at radius 2 is 2.07 bits per heavy atom. The summed E-state index contributed by atoms with van der Waals surface area (Å²) in [4.78, 5) is 0. The minimum absolute atomic E-state index is 0.0703. The number of aromatic hydroxyl groups is 1. The number of benzene rings is 1. The van der Waals surface area contributed by atoms with E-state index in [2.05, 4.69) is 0 Å². The number of nitrogens with one attached hydrogen (secondary N) is 1. The first-order chi connectivity index (χ1) is 6.56. The summed E-state index contributed by atoms with van der Waals surface area (Å²) in [7, 11) is 0. The molecule has 1 aromatic rings. The van der Waals surface area contributed by atoms with E-state index in [1.54, 1.807) is 0 Å². The number of rotatable bonds is 3. The van der Waals surface area contributed by atoms with Crippen LogP contribution in [0.1, 0.15) is 23.1 Å². The lowest BCUT2D eigenvalue weighted by Crippen LogP contribution is -2.07. The molecule has 0 aliphatic heterocycles. The summed E-state index contributed by atoms with van der Waals surface area (Å²) in [6.45, 7) is 1.60. The summed E-state index contributed by atoms with van der Waals surface area (Å²) >= 11 is 0. The van der Waals surface area contributed by atoms with Crippen LogP contribution >= 0.6 is 0 Å². The molecular formula is C9H11F2NO2. The maximum absolute atomic E-state index is 12.4. The second kappa shape index (κ2) is 4.34. The van der Waals surface area contributed by atoms with Gasteiger partial charge in [0.1, 0.15) is 5.75 Å². The van der Waals surface area contributed by atoms with Gasteiger partial charge in [0.25, 0.3) is 6.43 Å². The number of hydrogen-bond donors (Lipinski definition) is 3. The summed E-state index contributed by atoms with van der Waals surface area (Å²) in [5, 5.41) is 17.7. The monoisotopic (exact) mass is 203 g/mol. The maximum atomic E-state index is 12.4. The van der Waals surface area contributed by atoms with Gasteiger partial charge in [-0.1, -0.05) is 6.07 Å². The molecule has 78 valence electrons. The number of hydroxylamine groups is 1. The zero-order valence-electron chi connectivity index (χ0n) is 7.59.